The standard InChI is InChI=1S/C8H13N2/c1-7-5-9-6-10(7)8(2,3)4/h6H,1-4H3. The van der Waals surface area contributed by atoms with Gasteiger partial charge in [-0.3, -0.25) is 0 Å². The molecule has 1 radical (unpaired) electrons. The summed E-state index contributed by atoms with van der Waals surface area (Å²) in [5, 5.41) is 0. The van der Waals surface area contributed by atoms with Gasteiger partial charge >= 0.3 is 0 Å². The van der Waals surface area contributed by atoms with Crippen molar-refractivity contribution in [2.75, 3.05) is 0 Å². The van der Waals surface area contributed by atoms with Crippen LogP contribution in [0, 0.1) is 13.1 Å². The fourth-order valence-corrected chi connectivity index (χ4v) is 0.997. The van der Waals surface area contributed by atoms with Crippen LogP contribution in [-0.4, -0.2) is 9.55 Å². The van der Waals surface area contributed by atoms with E-state index in [2.05, 4.69) is 36.5 Å². The minimum absolute atomic E-state index is 0.136. The van der Waals surface area contributed by atoms with Crippen LogP contribution in [0.25, 0.3) is 0 Å². The molecule has 0 aliphatic rings. The van der Waals surface area contributed by atoms with E-state index < -0.39 is 0 Å². The minimum atomic E-state index is 0.136. The van der Waals surface area contributed by atoms with Crippen molar-refractivity contribution in [3.63, 3.8) is 0 Å². The van der Waals surface area contributed by atoms with Crippen LogP contribution in [0.3, 0.4) is 0 Å². The second kappa shape index (κ2) is 2.11. The molecule has 0 atom stereocenters. The van der Waals surface area contributed by atoms with Crippen LogP contribution in [0.5, 0.6) is 0 Å². The smallest absolute Gasteiger partial charge is 0.111 e. The van der Waals surface area contributed by atoms with Gasteiger partial charge in [0.1, 0.15) is 6.20 Å². The Morgan fingerprint density at radius 2 is 2.10 bits per heavy atom. The van der Waals surface area contributed by atoms with Gasteiger partial charge in [-0.15, -0.1) is 0 Å². The fourth-order valence-electron chi connectivity index (χ4n) is 0.997. The van der Waals surface area contributed by atoms with Crippen molar-refractivity contribution in [3.05, 3.63) is 18.2 Å². The summed E-state index contributed by atoms with van der Waals surface area (Å²) in [7, 11) is 0. The number of aromatic nitrogens is 2. The van der Waals surface area contributed by atoms with Crippen molar-refractivity contribution in [2.24, 2.45) is 0 Å². The maximum atomic E-state index is 3.93. The van der Waals surface area contributed by atoms with Crippen molar-refractivity contribution in [3.8, 4) is 0 Å². The van der Waals surface area contributed by atoms with E-state index >= 15 is 0 Å². The van der Waals surface area contributed by atoms with E-state index in [9.17, 15) is 0 Å². The average Bonchev–Trinajstić information content (AvgIpc) is 2.11. The Morgan fingerprint density at radius 3 is 2.30 bits per heavy atom. The maximum absolute atomic E-state index is 3.93. The van der Waals surface area contributed by atoms with Gasteiger partial charge in [-0.2, -0.15) is 0 Å². The highest BCUT2D eigenvalue weighted by Gasteiger charge is 2.13. The van der Waals surface area contributed by atoms with Crippen LogP contribution < -0.4 is 0 Å². The molecule has 0 N–H and O–H groups in total. The molecule has 1 rings (SSSR count). The summed E-state index contributed by atoms with van der Waals surface area (Å²) in [4.78, 5) is 3.93. The number of imidazole rings is 1. The van der Waals surface area contributed by atoms with E-state index in [1.165, 1.54) is 0 Å². The van der Waals surface area contributed by atoms with Gasteiger partial charge < -0.3 is 4.57 Å². The summed E-state index contributed by atoms with van der Waals surface area (Å²) in [6.07, 6.45) is 4.70. The van der Waals surface area contributed by atoms with Crippen LogP contribution in [0.2, 0.25) is 0 Å². The Balaban J connectivity index is 3.05. The largest absolute Gasteiger partial charge is 0.329 e. The van der Waals surface area contributed by atoms with Gasteiger partial charge in [0.05, 0.1) is 6.33 Å². The number of rotatable bonds is 0. The summed E-state index contributed by atoms with van der Waals surface area (Å²) in [6.45, 7) is 8.46. The fraction of sp³-hybridized carbons (Fsp3) is 0.625. The van der Waals surface area contributed by atoms with Gasteiger partial charge in [0.15, 0.2) is 0 Å². The van der Waals surface area contributed by atoms with Gasteiger partial charge in [-0.1, -0.05) is 0 Å². The molecular formula is C8H13N2. The Bertz CT molecular complexity index is 217. The van der Waals surface area contributed by atoms with Crippen molar-refractivity contribution < 1.29 is 0 Å². The van der Waals surface area contributed by atoms with Crippen molar-refractivity contribution >= 4 is 0 Å². The molecule has 0 spiro atoms. The third-order valence-electron chi connectivity index (χ3n) is 1.48. The highest BCUT2D eigenvalue weighted by molar-refractivity contribution is 4.96. The van der Waals surface area contributed by atoms with Gasteiger partial charge in [0, 0.05) is 11.2 Å². The molecule has 0 bridgehead atoms. The first-order valence-electron chi connectivity index (χ1n) is 3.44. The minimum Gasteiger partial charge on any atom is -0.329 e. The molecule has 0 amide bonds. The molecule has 1 heterocycles. The number of hydrogen-bond donors (Lipinski definition) is 0. The Hall–Kier alpha value is -0.790. The first kappa shape index (κ1) is 7.32. The first-order valence-corrected chi connectivity index (χ1v) is 3.44. The van der Waals surface area contributed by atoms with Crippen LogP contribution >= 0.6 is 0 Å². The van der Waals surface area contributed by atoms with Crippen LogP contribution in [0.1, 0.15) is 26.5 Å². The molecule has 2 heteroatoms. The van der Waals surface area contributed by atoms with E-state index in [1.807, 2.05) is 13.3 Å². The monoisotopic (exact) mass is 137 g/mol. The third-order valence-corrected chi connectivity index (χ3v) is 1.48. The molecule has 0 aliphatic heterocycles. The number of hydrogen-bond acceptors (Lipinski definition) is 1. The van der Waals surface area contributed by atoms with Gasteiger partial charge in [0.2, 0.25) is 0 Å². The number of aryl methyl sites for hydroxylation is 1. The summed E-state index contributed by atoms with van der Waals surface area (Å²) in [5.74, 6) is 0. The molecule has 0 aromatic carbocycles. The maximum Gasteiger partial charge on any atom is 0.111 e. The zero-order chi connectivity index (χ0) is 7.78. The van der Waals surface area contributed by atoms with Crippen LogP contribution in [0.15, 0.2) is 6.33 Å². The lowest BCUT2D eigenvalue weighted by atomic mass is 10.1. The highest BCUT2D eigenvalue weighted by atomic mass is 15.1. The lowest BCUT2D eigenvalue weighted by Gasteiger charge is -2.21. The van der Waals surface area contributed by atoms with E-state index in [-0.39, 0.29) is 5.54 Å². The Morgan fingerprint density at radius 1 is 1.50 bits per heavy atom. The first-order chi connectivity index (χ1) is 4.52. The van der Waals surface area contributed by atoms with E-state index in [1.54, 1.807) is 0 Å². The van der Waals surface area contributed by atoms with Gasteiger partial charge in [-0.25, -0.2) is 4.98 Å². The molecule has 1 aromatic heterocycles. The van der Waals surface area contributed by atoms with Crippen LogP contribution in [0.4, 0.5) is 0 Å². The zero-order valence-corrected chi connectivity index (χ0v) is 6.97. The van der Waals surface area contributed by atoms with E-state index in [0.717, 1.165) is 5.69 Å². The second-order valence-corrected chi connectivity index (χ2v) is 3.48. The third kappa shape index (κ3) is 1.20. The van der Waals surface area contributed by atoms with Crippen molar-refractivity contribution in [1.29, 1.82) is 0 Å². The number of nitrogens with zero attached hydrogens (tertiary/aromatic N) is 2. The topological polar surface area (TPSA) is 17.8 Å². The zero-order valence-electron chi connectivity index (χ0n) is 6.97. The quantitative estimate of drug-likeness (QED) is 0.532. The second-order valence-electron chi connectivity index (χ2n) is 3.48. The van der Waals surface area contributed by atoms with E-state index in [0.29, 0.717) is 0 Å². The molecule has 0 aliphatic carbocycles. The average molecular weight is 137 g/mol. The summed E-state index contributed by atoms with van der Waals surface area (Å²) in [6, 6.07) is 0. The summed E-state index contributed by atoms with van der Waals surface area (Å²) >= 11 is 0. The summed E-state index contributed by atoms with van der Waals surface area (Å²) < 4.78 is 2.10. The Kier molecular flexibility index (Phi) is 1.55. The van der Waals surface area contributed by atoms with Crippen LogP contribution in [-0.2, 0) is 5.54 Å². The molecule has 0 saturated carbocycles. The highest BCUT2D eigenvalue weighted by Crippen LogP contribution is 2.14. The van der Waals surface area contributed by atoms with E-state index in [4.69, 9.17) is 0 Å². The molecule has 1 aromatic rings. The lowest BCUT2D eigenvalue weighted by Crippen LogP contribution is -2.21. The molecule has 0 fully saturated rings. The molecular weight excluding hydrogens is 124 g/mol. The van der Waals surface area contributed by atoms with Crippen molar-refractivity contribution in [2.45, 2.75) is 33.2 Å². The van der Waals surface area contributed by atoms with Gasteiger partial charge in [-0.05, 0) is 27.7 Å². The van der Waals surface area contributed by atoms with Gasteiger partial charge in [0.25, 0.3) is 0 Å². The Labute approximate surface area is 61.9 Å². The van der Waals surface area contributed by atoms with Crippen molar-refractivity contribution in [1.82, 2.24) is 9.55 Å². The molecule has 10 heavy (non-hydrogen) atoms. The normalized spacial score (nSPS) is 12.0. The predicted octanol–water partition coefficient (Wildman–Crippen LogP) is 1.75. The SMILES string of the molecule is Cc1[c]ncn1C(C)(C)C. The molecule has 0 unspecified atom stereocenters. The lowest BCUT2D eigenvalue weighted by molar-refractivity contribution is 0.389. The summed E-state index contributed by atoms with van der Waals surface area (Å²) in [5.41, 5.74) is 1.23. The molecule has 0 saturated heterocycles. The predicted molar refractivity (Wildman–Crippen MR) is 40.8 cm³/mol. The molecule has 2 nitrogen and oxygen atoms in total. The molecule has 55 valence electrons.